The number of hydrogen-bond donors (Lipinski definition) is 0. The van der Waals surface area contributed by atoms with E-state index < -0.39 is 0 Å². The summed E-state index contributed by atoms with van der Waals surface area (Å²) >= 11 is 0. The minimum Gasteiger partial charge on any atom is -0.339 e. The first-order valence-electron chi connectivity index (χ1n) is 9.95. The summed E-state index contributed by atoms with van der Waals surface area (Å²) in [6.07, 6.45) is 1.66. The standard InChI is InChI=1S/C24H21N3O2/c28-24(21-11-10-17-6-4-5-9-20(17)16-21)27-14-12-19(13-15-27)23-25-22(26-29-23)18-7-2-1-3-8-18/h1-11,16,19H,12-15H2. The zero-order chi connectivity index (χ0) is 19.6. The highest BCUT2D eigenvalue weighted by molar-refractivity contribution is 5.98. The van der Waals surface area contributed by atoms with Crippen molar-refractivity contribution in [2.75, 3.05) is 13.1 Å². The molecule has 1 amide bonds. The van der Waals surface area contributed by atoms with Crippen molar-refractivity contribution in [3.8, 4) is 11.4 Å². The van der Waals surface area contributed by atoms with Gasteiger partial charge in [-0.2, -0.15) is 4.98 Å². The van der Waals surface area contributed by atoms with Crippen molar-refractivity contribution in [2.45, 2.75) is 18.8 Å². The van der Waals surface area contributed by atoms with Gasteiger partial charge in [-0.15, -0.1) is 0 Å². The van der Waals surface area contributed by atoms with Gasteiger partial charge in [0.2, 0.25) is 11.7 Å². The van der Waals surface area contributed by atoms with E-state index in [4.69, 9.17) is 4.52 Å². The van der Waals surface area contributed by atoms with Gasteiger partial charge >= 0.3 is 0 Å². The van der Waals surface area contributed by atoms with Gasteiger partial charge in [-0.3, -0.25) is 4.79 Å². The van der Waals surface area contributed by atoms with Crippen molar-refractivity contribution in [1.82, 2.24) is 15.0 Å². The summed E-state index contributed by atoms with van der Waals surface area (Å²) in [6.45, 7) is 1.39. The van der Waals surface area contributed by atoms with Crippen LogP contribution in [0.2, 0.25) is 0 Å². The number of likely N-dealkylation sites (tertiary alicyclic amines) is 1. The monoisotopic (exact) mass is 383 g/mol. The van der Waals surface area contributed by atoms with Crippen LogP contribution in [0.3, 0.4) is 0 Å². The predicted molar refractivity (Wildman–Crippen MR) is 112 cm³/mol. The highest BCUT2D eigenvalue weighted by Gasteiger charge is 2.28. The van der Waals surface area contributed by atoms with Crippen LogP contribution in [-0.4, -0.2) is 34.0 Å². The lowest BCUT2D eigenvalue weighted by Crippen LogP contribution is -2.38. The average molecular weight is 383 g/mol. The molecule has 0 aliphatic carbocycles. The Morgan fingerprint density at radius 3 is 2.41 bits per heavy atom. The van der Waals surface area contributed by atoms with Gasteiger partial charge in [-0.25, -0.2) is 0 Å². The summed E-state index contributed by atoms with van der Waals surface area (Å²) in [5.41, 5.74) is 1.69. The van der Waals surface area contributed by atoms with E-state index in [1.54, 1.807) is 0 Å². The smallest absolute Gasteiger partial charge is 0.253 e. The van der Waals surface area contributed by atoms with Crippen LogP contribution in [0.1, 0.15) is 35.0 Å². The number of hydrogen-bond acceptors (Lipinski definition) is 4. The lowest BCUT2D eigenvalue weighted by Gasteiger charge is -2.30. The Kier molecular flexibility index (Phi) is 4.56. The van der Waals surface area contributed by atoms with Gasteiger partial charge in [0.15, 0.2) is 0 Å². The molecule has 0 bridgehead atoms. The Balaban J connectivity index is 1.26. The molecule has 3 aromatic carbocycles. The molecule has 144 valence electrons. The van der Waals surface area contributed by atoms with Gasteiger partial charge in [0.1, 0.15) is 0 Å². The van der Waals surface area contributed by atoms with E-state index in [0.717, 1.165) is 34.7 Å². The largest absolute Gasteiger partial charge is 0.339 e. The molecule has 0 radical (unpaired) electrons. The van der Waals surface area contributed by atoms with Crippen molar-refractivity contribution in [3.63, 3.8) is 0 Å². The molecule has 5 nitrogen and oxygen atoms in total. The Morgan fingerprint density at radius 2 is 1.62 bits per heavy atom. The molecule has 0 spiro atoms. The van der Waals surface area contributed by atoms with E-state index in [1.807, 2.05) is 71.6 Å². The van der Waals surface area contributed by atoms with E-state index in [-0.39, 0.29) is 11.8 Å². The molecule has 0 saturated carbocycles. The van der Waals surface area contributed by atoms with E-state index in [0.29, 0.717) is 24.8 Å². The highest BCUT2D eigenvalue weighted by atomic mass is 16.5. The van der Waals surface area contributed by atoms with Gasteiger partial charge in [-0.05, 0) is 35.7 Å². The first-order valence-corrected chi connectivity index (χ1v) is 9.95. The van der Waals surface area contributed by atoms with Crippen LogP contribution in [-0.2, 0) is 0 Å². The molecule has 1 saturated heterocycles. The maximum atomic E-state index is 13.0. The number of fused-ring (bicyclic) bond motifs is 1. The van der Waals surface area contributed by atoms with Crippen LogP contribution in [0.15, 0.2) is 77.3 Å². The van der Waals surface area contributed by atoms with Crippen LogP contribution in [0.4, 0.5) is 0 Å². The van der Waals surface area contributed by atoms with Gasteiger partial charge in [0.25, 0.3) is 5.91 Å². The second-order valence-electron chi connectivity index (χ2n) is 7.45. The SMILES string of the molecule is O=C(c1ccc2ccccc2c1)N1CCC(c2nc(-c3ccccc3)no2)CC1. The normalized spacial score (nSPS) is 15.0. The summed E-state index contributed by atoms with van der Waals surface area (Å²) in [5.74, 6) is 1.57. The first-order chi connectivity index (χ1) is 14.3. The minimum absolute atomic E-state index is 0.0877. The molecule has 4 aromatic rings. The fraction of sp³-hybridized carbons (Fsp3) is 0.208. The number of carbonyl (C=O) groups excluding carboxylic acids is 1. The van der Waals surface area contributed by atoms with Crippen LogP contribution in [0.25, 0.3) is 22.2 Å². The van der Waals surface area contributed by atoms with Gasteiger partial charge in [0.05, 0.1) is 0 Å². The number of nitrogens with zero attached hydrogens (tertiary/aromatic N) is 3. The van der Waals surface area contributed by atoms with Gasteiger partial charge in [-0.1, -0.05) is 65.8 Å². The van der Waals surface area contributed by atoms with Gasteiger partial charge < -0.3 is 9.42 Å². The summed E-state index contributed by atoms with van der Waals surface area (Å²) in [6, 6.07) is 23.8. The lowest BCUT2D eigenvalue weighted by molar-refractivity contribution is 0.0704. The molecule has 0 unspecified atom stereocenters. The minimum atomic E-state index is 0.0877. The zero-order valence-corrected chi connectivity index (χ0v) is 16.0. The number of benzene rings is 3. The molecule has 29 heavy (non-hydrogen) atoms. The highest BCUT2D eigenvalue weighted by Crippen LogP contribution is 2.29. The first kappa shape index (κ1) is 17.6. The van der Waals surface area contributed by atoms with Crippen molar-refractivity contribution < 1.29 is 9.32 Å². The van der Waals surface area contributed by atoms with E-state index in [2.05, 4.69) is 16.2 Å². The maximum absolute atomic E-state index is 13.0. The van der Waals surface area contributed by atoms with Crippen LogP contribution in [0.5, 0.6) is 0 Å². The molecule has 1 aliphatic heterocycles. The topological polar surface area (TPSA) is 59.2 Å². The molecular weight excluding hydrogens is 362 g/mol. The van der Waals surface area contributed by atoms with Crippen LogP contribution < -0.4 is 0 Å². The molecule has 1 aliphatic rings. The third-order valence-corrected chi connectivity index (χ3v) is 5.60. The Hall–Kier alpha value is -3.47. The summed E-state index contributed by atoms with van der Waals surface area (Å²) in [4.78, 5) is 19.5. The molecule has 5 heteroatoms. The maximum Gasteiger partial charge on any atom is 0.253 e. The van der Waals surface area contributed by atoms with Crippen molar-refractivity contribution in [1.29, 1.82) is 0 Å². The number of piperidine rings is 1. The van der Waals surface area contributed by atoms with Crippen LogP contribution >= 0.6 is 0 Å². The van der Waals surface area contributed by atoms with Crippen molar-refractivity contribution >= 4 is 16.7 Å². The third-order valence-electron chi connectivity index (χ3n) is 5.60. The van der Waals surface area contributed by atoms with Gasteiger partial charge in [0, 0.05) is 30.1 Å². The lowest BCUT2D eigenvalue weighted by atomic mass is 9.96. The molecule has 2 heterocycles. The quantitative estimate of drug-likeness (QED) is 0.504. The molecule has 1 aromatic heterocycles. The number of amides is 1. The third kappa shape index (κ3) is 3.51. The van der Waals surface area contributed by atoms with E-state index in [1.165, 1.54) is 0 Å². The molecule has 0 atom stereocenters. The summed E-state index contributed by atoms with van der Waals surface area (Å²) < 4.78 is 5.52. The van der Waals surface area contributed by atoms with E-state index in [9.17, 15) is 4.79 Å². The van der Waals surface area contributed by atoms with Crippen LogP contribution in [0, 0.1) is 0 Å². The zero-order valence-electron chi connectivity index (χ0n) is 16.0. The second-order valence-corrected chi connectivity index (χ2v) is 7.45. The number of aromatic nitrogens is 2. The fourth-order valence-electron chi connectivity index (χ4n) is 3.94. The second kappa shape index (κ2) is 7.51. The van der Waals surface area contributed by atoms with Crippen molar-refractivity contribution in [3.05, 3.63) is 84.3 Å². The Morgan fingerprint density at radius 1 is 0.897 bits per heavy atom. The average Bonchev–Trinajstić information content (AvgIpc) is 3.29. The Bertz CT molecular complexity index is 1140. The molecule has 0 N–H and O–H groups in total. The summed E-state index contributed by atoms with van der Waals surface area (Å²) in [5, 5.41) is 6.36. The van der Waals surface area contributed by atoms with Crippen molar-refractivity contribution in [2.24, 2.45) is 0 Å². The predicted octanol–water partition coefficient (Wildman–Crippen LogP) is 4.91. The molecular formula is C24H21N3O2. The number of carbonyl (C=O) groups is 1. The number of rotatable bonds is 3. The van der Waals surface area contributed by atoms with E-state index >= 15 is 0 Å². The molecule has 5 rings (SSSR count). The Labute approximate surface area is 169 Å². The molecule has 1 fully saturated rings. The fourth-order valence-corrected chi connectivity index (χ4v) is 3.94. The summed E-state index contributed by atoms with van der Waals surface area (Å²) in [7, 11) is 0.